The fourth-order valence-corrected chi connectivity index (χ4v) is 5.50. The lowest BCUT2D eigenvalue weighted by molar-refractivity contribution is -0.123. The third-order valence-corrected chi connectivity index (χ3v) is 7.47. The maximum absolute atomic E-state index is 14.2. The molecule has 1 aromatic heterocycles. The summed E-state index contributed by atoms with van der Waals surface area (Å²) < 4.78 is 9.60. The van der Waals surface area contributed by atoms with Gasteiger partial charge in [-0.1, -0.05) is 43.5 Å². The molecule has 0 saturated heterocycles. The van der Waals surface area contributed by atoms with Gasteiger partial charge in [0.1, 0.15) is 16.7 Å². The number of hydrogen-bond acceptors (Lipinski definition) is 7. The van der Waals surface area contributed by atoms with E-state index in [-0.39, 0.29) is 28.2 Å². The van der Waals surface area contributed by atoms with Crippen LogP contribution in [0.1, 0.15) is 76.4 Å². The van der Waals surface area contributed by atoms with Crippen LogP contribution in [0, 0.1) is 6.92 Å². The van der Waals surface area contributed by atoms with Crippen molar-refractivity contribution in [3.8, 4) is 5.75 Å². The molecule has 0 radical (unpaired) electrons. The van der Waals surface area contributed by atoms with Gasteiger partial charge in [-0.3, -0.25) is 19.3 Å². The van der Waals surface area contributed by atoms with Crippen LogP contribution in [0.25, 0.3) is 0 Å². The Morgan fingerprint density at radius 3 is 2.45 bits per heavy atom. The predicted molar refractivity (Wildman–Crippen MR) is 148 cm³/mol. The number of ether oxygens (including phenoxy) is 1. The number of nitrogens with two attached hydrogens (primary N) is 2. The number of aryl methyl sites for hydroxylation is 1. The summed E-state index contributed by atoms with van der Waals surface area (Å²) in [5.74, 6) is -1.00. The number of nitrogens with zero attached hydrogens (tertiary/aromatic N) is 2. The zero-order chi connectivity index (χ0) is 27.2. The van der Waals surface area contributed by atoms with Crippen LogP contribution >= 0.6 is 11.5 Å². The second-order valence-corrected chi connectivity index (χ2v) is 10.2. The lowest BCUT2D eigenvalue weighted by Gasteiger charge is -2.33. The van der Waals surface area contributed by atoms with Gasteiger partial charge in [-0.25, -0.2) is 0 Å². The molecule has 3 amide bonds. The number of anilines is 2. The molecular weight excluding hydrogens is 502 g/mol. The van der Waals surface area contributed by atoms with Gasteiger partial charge in [0.25, 0.3) is 11.8 Å². The second kappa shape index (κ2) is 12.1. The molecule has 1 atom stereocenters. The highest BCUT2D eigenvalue weighted by molar-refractivity contribution is 7.09. The van der Waals surface area contributed by atoms with Crippen molar-refractivity contribution in [2.45, 2.75) is 58.0 Å². The summed E-state index contributed by atoms with van der Waals surface area (Å²) in [6.07, 6.45) is 5.03. The molecule has 4 rings (SSSR count). The smallest absolute Gasteiger partial charge is 0.273 e. The average molecular weight is 536 g/mol. The first-order valence-electron chi connectivity index (χ1n) is 12.8. The number of nitrogens with one attached hydrogen (secondary N) is 1. The third kappa shape index (κ3) is 5.96. The lowest BCUT2D eigenvalue weighted by Crippen LogP contribution is -2.47. The highest BCUT2D eigenvalue weighted by Gasteiger charge is 2.37. The topological polar surface area (TPSA) is 141 Å². The summed E-state index contributed by atoms with van der Waals surface area (Å²) >= 11 is 0.790. The highest BCUT2D eigenvalue weighted by atomic mass is 32.1. The van der Waals surface area contributed by atoms with E-state index in [9.17, 15) is 14.4 Å². The Balaban J connectivity index is 1.83. The van der Waals surface area contributed by atoms with Crippen molar-refractivity contribution in [3.63, 3.8) is 0 Å². The van der Waals surface area contributed by atoms with Crippen LogP contribution in [0.2, 0.25) is 0 Å². The molecule has 2 aromatic carbocycles. The summed E-state index contributed by atoms with van der Waals surface area (Å²) in [5, 5.41) is 3.18. The summed E-state index contributed by atoms with van der Waals surface area (Å²) in [6, 6.07) is 13.5. The van der Waals surface area contributed by atoms with Gasteiger partial charge < -0.3 is 21.5 Å². The maximum atomic E-state index is 14.2. The first-order valence-corrected chi connectivity index (χ1v) is 13.6. The molecule has 0 aliphatic heterocycles. The monoisotopic (exact) mass is 535 g/mol. The van der Waals surface area contributed by atoms with Crippen LogP contribution in [-0.2, 0) is 4.79 Å². The minimum atomic E-state index is -1.01. The molecule has 0 bridgehead atoms. The fraction of sp³-hybridized carbons (Fsp3) is 0.357. The minimum Gasteiger partial charge on any atom is -0.494 e. The second-order valence-electron chi connectivity index (χ2n) is 9.40. The van der Waals surface area contributed by atoms with Gasteiger partial charge >= 0.3 is 0 Å². The molecule has 5 N–H and O–H groups in total. The van der Waals surface area contributed by atoms with Gasteiger partial charge in [-0.15, -0.1) is 0 Å². The van der Waals surface area contributed by atoms with Gasteiger partial charge in [0.15, 0.2) is 5.69 Å². The van der Waals surface area contributed by atoms with E-state index >= 15 is 0 Å². The van der Waals surface area contributed by atoms with Crippen molar-refractivity contribution >= 4 is 40.6 Å². The first kappa shape index (κ1) is 27.1. The van der Waals surface area contributed by atoms with Crippen LogP contribution in [-0.4, -0.2) is 34.7 Å². The highest BCUT2D eigenvalue weighted by Crippen LogP contribution is 2.34. The van der Waals surface area contributed by atoms with Crippen molar-refractivity contribution in [2.24, 2.45) is 5.73 Å². The number of amides is 3. The Labute approximate surface area is 226 Å². The average Bonchev–Trinajstić information content (AvgIpc) is 3.29. The van der Waals surface area contributed by atoms with Crippen LogP contribution < -0.4 is 26.4 Å². The van der Waals surface area contributed by atoms with E-state index in [4.69, 9.17) is 16.2 Å². The third-order valence-electron chi connectivity index (χ3n) is 6.62. The van der Waals surface area contributed by atoms with Crippen LogP contribution in [0.5, 0.6) is 5.75 Å². The zero-order valence-electron chi connectivity index (χ0n) is 21.6. The molecule has 1 aliphatic carbocycles. The standard InChI is InChI=1S/C28H33N5O4S/c1-3-37-21-14-12-18(13-15-21)24(27(35)31-19-9-5-4-6-10-19)33(20-11-7-8-17(2)16-20)28(36)25-22(29)23(26(30)34)32-38-25/h7-8,11-16,19,24H,3-6,9-10,29H2,1-2H3,(H2,30,34)(H,31,35). The number of hydrogen-bond donors (Lipinski definition) is 3. The molecule has 1 fully saturated rings. The Hall–Kier alpha value is -3.92. The van der Waals surface area contributed by atoms with Crippen molar-refractivity contribution in [1.29, 1.82) is 0 Å². The molecule has 200 valence electrons. The van der Waals surface area contributed by atoms with Crippen LogP contribution in [0.15, 0.2) is 48.5 Å². The summed E-state index contributed by atoms with van der Waals surface area (Å²) in [7, 11) is 0. The van der Waals surface area contributed by atoms with E-state index in [1.807, 2.05) is 32.0 Å². The Morgan fingerprint density at radius 2 is 1.84 bits per heavy atom. The molecular formula is C28H33N5O4S. The van der Waals surface area contributed by atoms with E-state index in [2.05, 4.69) is 9.69 Å². The lowest BCUT2D eigenvalue weighted by atomic mass is 9.94. The van der Waals surface area contributed by atoms with E-state index in [1.165, 1.54) is 4.90 Å². The minimum absolute atomic E-state index is 0.0332. The molecule has 1 saturated carbocycles. The zero-order valence-corrected chi connectivity index (χ0v) is 22.4. The Kier molecular flexibility index (Phi) is 8.62. The van der Waals surface area contributed by atoms with Gasteiger partial charge in [0.2, 0.25) is 5.91 Å². The SMILES string of the molecule is CCOc1ccc(C(C(=O)NC2CCCCC2)N(C(=O)c2snc(C(N)=O)c2N)c2cccc(C)c2)cc1. The van der Waals surface area contributed by atoms with Crippen molar-refractivity contribution in [3.05, 3.63) is 70.2 Å². The Bertz CT molecular complexity index is 1300. The molecule has 10 heteroatoms. The predicted octanol–water partition coefficient (Wildman–Crippen LogP) is 4.37. The van der Waals surface area contributed by atoms with Gasteiger partial charge in [-0.2, -0.15) is 4.37 Å². The van der Waals surface area contributed by atoms with Crippen molar-refractivity contribution in [2.75, 3.05) is 17.2 Å². The maximum Gasteiger partial charge on any atom is 0.273 e. The van der Waals surface area contributed by atoms with E-state index in [0.717, 1.165) is 49.2 Å². The largest absolute Gasteiger partial charge is 0.494 e. The summed E-state index contributed by atoms with van der Waals surface area (Å²) in [4.78, 5) is 41.4. The number of rotatable bonds is 9. The molecule has 9 nitrogen and oxygen atoms in total. The molecule has 38 heavy (non-hydrogen) atoms. The van der Waals surface area contributed by atoms with Crippen molar-refractivity contribution < 1.29 is 19.1 Å². The number of carbonyl (C=O) groups excluding carboxylic acids is 3. The number of aromatic nitrogens is 1. The van der Waals surface area contributed by atoms with Gasteiger partial charge in [-0.05, 0) is 73.6 Å². The first-order chi connectivity index (χ1) is 18.3. The number of benzene rings is 2. The van der Waals surface area contributed by atoms with Crippen LogP contribution in [0.4, 0.5) is 11.4 Å². The van der Waals surface area contributed by atoms with E-state index in [1.54, 1.807) is 30.3 Å². The van der Waals surface area contributed by atoms with E-state index in [0.29, 0.717) is 23.6 Å². The summed E-state index contributed by atoms with van der Waals surface area (Å²) in [5.41, 5.74) is 13.3. The number of nitrogen functional groups attached to an aromatic ring is 1. The Morgan fingerprint density at radius 1 is 1.13 bits per heavy atom. The van der Waals surface area contributed by atoms with Crippen LogP contribution in [0.3, 0.4) is 0 Å². The molecule has 0 spiro atoms. The number of primary amides is 1. The summed E-state index contributed by atoms with van der Waals surface area (Å²) in [6.45, 7) is 4.31. The molecule has 3 aromatic rings. The van der Waals surface area contributed by atoms with Gasteiger partial charge in [0.05, 0.1) is 12.3 Å². The molecule has 1 aliphatic rings. The number of carbonyl (C=O) groups is 3. The fourth-order valence-electron chi connectivity index (χ4n) is 4.76. The van der Waals surface area contributed by atoms with Gasteiger partial charge in [0, 0.05) is 11.7 Å². The normalized spacial score (nSPS) is 14.5. The van der Waals surface area contributed by atoms with E-state index < -0.39 is 17.9 Å². The molecule has 1 heterocycles. The quantitative estimate of drug-likeness (QED) is 0.372. The molecule has 1 unspecified atom stereocenters. The van der Waals surface area contributed by atoms with Crippen molar-refractivity contribution in [1.82, 2.24) is 9.69 Å².